The Hall–Kier alpha value is -2.36. The Balaban J connectivity index is 2.66. The second-order valence-electron chi connectivity index (χ2n) is 7.99. The highest BCUT2D eigenvalue weighted by molar-refractivity contribution is 7.92. The van der Waals surface area contributed by atoms with Crippen LogP contribution in [-0.2, 0) is 14.8 Å². The van der Waals surface area contributed by atoms with Crippen molar-refractivity contribution < 1.29 is 22.7 Å². The number of rotatable bonds is 10. The van der Waals surface area contributed by atoms with Gasteiger partial charge in [0.05, 0.1) is 29.9 Å². The zero-order chi connectivity index (χ0) is 24.1. The van der Waals surface area contributed by atoms with Gasteiger partial charge in [-0.15, -0.1) is 0 Å². The normalized spacial score (nSPS) is 14.2. The molecule has 0 radical (unpaired) electrons. The zero-order valence-electron chi connectivity index (χ0n) is 19.4. The lowest BCUT2D eigenvalue weighted by molar-refractivity contribution is 0.0579. The van der Waals surface area contributed by atoms with E-state index >= 15 is 0 Å². The Morgan fingerprint density at radius 2 is 1.84 bits per heavy atom. The maximum atomic E-state index is 13.5. The number of anilines is 1. The maximum absolute atomic E-state index is 13.5. The summed E-state index contributed by atoms with van der Waals surface area (Å²) in [6.07, 6.45) is 4.85. The van der Waals surface area contributed by atoms with Crippen molar-refractivity contribution in [2.24, 2.45) is 0 Å². The smallest absolute Gasteiger partial charge is 0.239 e. The van der Waals surface area contributed by atoms with Gasteiger partial charge in [0.25, 0.3) is 0 Å². The number of benzene rings is 1. The minimum absolute atomic E-state index is 0.0265. The molecule has 0 aliphatic rings. The molecule has 1 heterocycles. The minimum Gasteiger partial charge on any atom is -0.389 e. The van der Waals surface area contributed by atoms with E-state index < -0.39 is 21.9 Å². The molecule has 0 bridgehead atoms. The highest BCUT2D eigenvalue weighted by Crippen LogP contribution is 2.31. The third kappa shape index (κ3) is 6.57. The van der Waals surface area contributed by atoms with Crippen molar-refractivity contribution in [1.29, 1.82) is 0 Å². The molecule has 0 saturated carbocycles. The average molecular weight is 466 g/mol. The first-order chi connectivity index (χ1) is 15.0. The van der Waals surface area contributed by atoms with Gasteiger partial charge in [0.15, 0.2) is 0 Å². The molecular formula is C23H32FN3O4S. The van der Waals surface area contributed by atoms with Crippen molar-refractivity contribution in [2.45, 2.75) is 51.7 Å². The first-order valence-electron chi connectivity index (χ1n) is 10.5. The topological polar surface area (TPSA) is 92.6 Å². The quantitative estimate of drug-likeness (QED) is 0.570. The molecular weight excluding hydrogens is 433 g/mol. The number of nitrogens with zero attached hydrogens (tertiary/aromatic N) is 3. The Kier molecular flexibility index (Phi) is 8.89. The molecule has 0 spiro atoms. The molecule has 176 valence electrons. The predicted octanol–water partition coefficient (Wildman–Crippen LogP) is 3.99. The van der Waals surface area contributed by atoms with Gasteiger partial charge in [0.1, 0.15) is 5.82 Å². The maximum Gasteiger partial charge on any atom is 0.239 e. The van der Waals surface area contributed by atoms with Gasteiger partial charge in [0, 0.05) is 31.7 Å². The molecule has 0 aliphatic heterocycles. The summed E-state index contributed by atoms with van der Waals surface area (Å²) in [6.45, 7) is 5.86. The van der Waals surface area contributed by atoms with Crippen LogP contribution in [0.1, 0.15) is 50.8 Å². The van der Waals surface area contributed by atoms with E-state index in [0.717, 1.165) is 17.0 Å². The van der Waals surface area contributed by atoms with E-state index in [-0.39, 0.29) is 18.0 Å². The Labute approximate surface area is 190 Å². The van der Waals surface area contributed by atoms with Crippen molar-refractivity contribution in [3.8, 4) is 11.3 Å². The van der Waals surface area contributed by atoms with Gasteiger partial charge in [0.2, 0.25) is 16.0 Å². The highest BCUT2D eigenvalue weighted by atomic mass is 32.2. The van der Waals surface area contributed by atoms with Crippen molar-refractivity contribution in [1.82, 2.24) is 9.97 Å². The fourth-order valence-electron chi connectivity index (χ4n) is 3.18. The minimum atomic E-state index is -3.59. The largest absolute Gasteiger partial charge is 0.389 e. The molecule has 1 N–H and O–H groups in total. The molecule has 9 heteroatoms. The monoisotopic (exact) mass is 465 g/mol. The fraction of sp³-hybridized carbons (Fsp3) is 0.478. The van der Waals surface area contributed by atoms with Gasteiger partial charge in [-0.25, -0.2) is 27.1 Å². The van der Waals surface area contributed by atoms with Crippen LogP contribution in [0.25, 0.3) is 17.3 Å². The number of sulfonamides is 1. The lowest BCUT2D eigenvalue weighted by atomic mass is 9.97. The van der Waals surface area contributed by atoms with Crippen LogP contribution in [0.3, 0.4) is 0 Å². The van der Waals surface area contributed by atoms with Gasteiger partial charge in [-0.05, 0) is 36.6 Å². The summed E-state index contributed by atoms with van der Waals surface area (Å²) in [5, 5.41) is 10.5. The molecule has 2 aromatic rings. The third-order valence-corrected chi connectivity index (χ3v) is 6.34. The lowest BCUT2D eigenvalue weighted by Crippen LogP contribution is -2.27. The molecule has 0 amide bonds. The first kappa shape index (κ1) is 25.9. The van der Waals surface area contributed by atoms with Crippen LogP contribution in [0.2, 0.25) is 0 Å². The van der Waals surface area contributed by atoms with E-state index in [1.165, 1.54) is 19.2 Å². The van der Waals surface area contributed by atoms with Crippen LogP contribution in [0.15, 0.2) is 30.3 Å². The summed E-state index contributed by atoms with van der Waals surface area (Å²) in [5.41, 5.74) is 2.32. The number of aliphatic hydroxyl groups is 1. The van der Waals surface area contributed by atoms with Crippen LogP contribution in [0.4, 0.5) is 10.3 Å². The summed E-state index contributed by atoms with van der Waals surface area (Å²) >= 11 is 0. The zero-order valence-corrected chi connectivity index (χ0v) is 20.2. The molecule has 1 aromatic heterocycles. The fourth-order valence-corrected chi connectivity index (χ4v) is 3.56. The number of aliphatic hydroxyl groups excluding tert-OH is 1. The van der Waals surface area contributed by atoms with Gasteiger partial charge >= 0.3 is 0 Å². The second kappa shape index (κ2) is 11.0. The molecule has 0 saturated heterocycles. The second-order valence-corrected chi connectivity index (χ2v) is 10.0. The molecule has 1 aromatic carbocycles. The number of halogens is 1. The van der Waals surface area contributed by atoms with E-state index in [1.54, 1.807) is 31.4 Å². The molecule has 0 fully saturated rings. The Morgan fingerprint density at radius 1 is 1.22 bits per heavy atom. The molecule has 7 nitrogen and oxygen atoms in total. The van der Waals surface area contributed by atoms with Crippen molar-refractivity contribution in [2.75, 3.05) is 24.7 Å². The number of hydrogen-bond acceptors (Lipinski definition) is 6. The molecule has 2 unspecified atom stereocenters. The average Bonchev–Trinajstić information content (AvgIpc) is 2.74. The number of hydrogen-bond donors (Lipinski definition) is 1. The third-order valence-electron chi connectivity index (χ3n) is 5.19. The van der Waals surface area contributed by atoms with E-state index in [0.29, 0.717) is 28.9 Å². The van der Waals surface area contributed by atoms with E-state index in [1.807, 2.05) is 20.8 Å². The van der Waals surface area contributed by atoms with Crippen molar-refractivity contribution in [3.63, 3.8) is 0 Å². The van der Waals surface area contributed by atoms with Gasteiger partial charge in [-0.2, -0.15) is 0 Å². The molecule has 32 heavy (non-hydrogen) atoms. The predicted molar refractivity (Wildman–Crippen MR) is 126 cm³/mol. The van der Waals surface area contributed by atoms with E-state index in [9.17, 15) is 17.9 Å². The summed E-state index contributed by atoms with van der Waals surface area (Å²) < 4.78 is 44.1. The SMILES string of the molecule is CCC(CC(O)/C=C/c1c(-c2ccc(F)cc2)nc(N(C)S(C)(=O)=O)nc1C(C)C)OC. The van der Waals surface area contributed by atoms with Crippen molar-refractivity contribution in [3.05, 3.63) is 47.4 Å². The Bertz CT molecular complexity index is 1040. The summed E-state index contributed by atoms with van der Waals surface area (Å²) in [5.74, 6) is -0.431. The van der Waals surface area contributed by atoms with Crippen LogP contribution in [0.5, 0.6) is 0 Å². The van der Waals surface area contributed by atoms with Crippen LogP contribution in [-0.4, -0.2) is 56.1 Å². The van der Waals surface area contributed by atoms with E-state index in [4.69, 9.17) is 4.74 Å². The standard InChI is InChI=1S/C23H32FN3O4S/c1-7-19(31-5)14-18(28)12-13-20-21(15(2)3)25-23(27(4)32(6,29)30)26-22(20)16-8-10-17(24)11-9-16/h8-13,15,18-19,28H,7,14H2,1-6H3/b13-12+. The van der Waals surface area contributed by atoms with Gasteiger partial charge < -0.3 is 9.84 Å². The highest BCUT2D eigenvalue weighted by Gasteiger charge is 2.22. The molecule has 2 rings (SSSR count). The van der Waals surface area contributed by atoms with Gasteiger partial charge in [-0.3, -0.25) is 0 Å². The van der Waals surface area contributed by atoms with Crippen LogP contribution < -0.4 is 4.31 Å². The molecule has 2 atom stereocenters. The van der Waals surface area contributed by atoms with E-state index in [2.05, 4.69) is 9.97 Å². The summed E-state index contributed by atoms with van der Waals surface area (Å²) in [6, 6.07) is 5.80. The van der Waals surface area contributed by atoms with Crippen LogP contribution >= 0.6 is 0 Å². The summed E-state index contributed by atoms with van der Waals surface area (Å²) in [4.78, 5) is 9.03. The van der Waals surface area contributed by atoms with Gasteiger partial charge in [-0.1, -0.05) is 32.9 Å². The number of aromatic nitrogens is 2. The van der Waals surface area contributed by atoms with Crippen molar-refractivity contribution >= 4 is 22.0 Å². The molecule has 0 aliphatic carbocycles. The van der Waals surface area contributed by atoms with Crippen LogP contribution in [0, 0.1) is 5.82 Å². The lowest BCUT2D eigenvalue weighted by Gasteiger charge is -2.20. The Morgan fingerprint density at radius 3 is 2.34 bits per heavy atom. The number of methoxy groups -OCH3 is 1. The summed E-state index contributed by atoms with van der Waals surface area (Å²) in [7, 11) is -0.588. The first-order valence-corrected chi connectivity index (χ1v) is 12.3. The number of ether oxygens (including phenoxy) is 1.